The molecule has 18 heavy (non-hydrogen) atoms. The van der Waals surface area contributed by atoms with Crippen molar-refractivity contribution in [2.45, 2.75) is 18.8 Å². The van der Waals surface area contributed by atoms with Crippen molar-refractivity contribution in [2.24, 2.45) is 5.73 Å². The van der Waals surface area contributed by atoms with Crippen molar-refractivity contribution >= 4 is 5.91 Å². The zero-order valence-corrected chi connectivity index (χ0v) is 10.5. The zero-order valence-electron chi connectivity index (χ0n) is 10.5. The van der Waals surface area contributed by atoms with Gasteiger partial charge in [0.25, 0.3) is 0 Å². The molecule has 0 aromatic heterocycles. The molecule has 2 rings (SSSR count). The molecule has 0 aliphatic heterocycles. The van der Waals surface area contributed by atoms with Gasteiger partial charge in [-0.1, -0.05) is 24.3 Å². The molecule has 1 aromatic rings. The third-order valence-corrected chi connectivity index (χ3v) is 3.20. The van der Waals surface area contributed by atoms with Crippen LogP contribution in [0.5, 0.6) is 0 Å². The molecule has 4 nitrogen and oxygen atoms in total. The number of hydrogen-bond donors (Lipinski definition) is 2. The summed E-state index contributed by atoms with van der Waals surface area (Å²) in [5.74, 6) is 0.179. The Bertz CT molecular complexity index is 407. The van der Waals surface area contributed by atoms with Crippen molar-refractivity contribution in [1.82, 2.24) is 5.32 Å². The van der Waals surface area contributed by atoms with Gasteiger partial charge in [0.05, 0.1) is 12.5 Å². The average molecular weight is 248 g/mol. The molecule has 0 fully saturated rings. The summed E-state index contributed by atoms with van der Waals surface area (Å²) in [7, 11) is 0. The predicted molar refractivity (Wildman–Crippen MR) is 70.4 cm³/mol. The molecule has 0 saturated carbocycles. The van der Waals surface area contributed by atoms with Crippen LogP contribution in [0.15, 0.2) is 24.3 Å². The van der Waals surface area contributed by atoms with Crippen LogP contribution < -0.4 is 11.1 Å². The van der Waals surface area contributed by atoms with Crippen LogP contribution in [-0.2, 0) is 16.0 Å². The first-order valence-electron chi connectivity index (χ1n) is 6.46. The number of fused-ring (bicyclic) bond motifs is 1. The molecule has 0 saturated heterocycles. The van der Waals surface area contributed by atoms with Crippen LogP contribution in [0.1, 0.15) is 23.5 Å². The van der Waals surface area contributed by atoms with Crippen LogP contribution in [0.25, 0.3) is 0 Å². The molecule has 1 aliphatic carbocycles. The Balaban J connectivity index is 1.65. The van der Waals surface area contributed by atoms with Gasteiger partial charge < -0.3 is 15.8 Å². The van der Waals surface area contributed by atoms with Gasteiger partial charge in [-0.05, 0) is 24.0 Å². The Morgan fingerprint density at radius 1 is 1.39 bits per heavy atom. The highest BCUT2D eigenvalue weighted by Gasteiger charge is 2.31. The lowest BCUT2D eigenvalue weighted by molar-refractivity contribution is -0.123. The van der Waals surface area contributed by atoms with Crippen LogP contribution in [0.3, 0.4) is 0 Å². The van der Waals surface area contributed by atoms with Gasteiger partial charge in [0, 0.05) is 19.7 Å². The highest BCUT2D eigenvalue weighted by atomic mass is 16.5. The SMILES string of the molecule is NCCOCCCNC(=O)C1Cc2ccccc21. The van der Waals surface area contributed by atoms with E-state index >= 15 is 0 Å². The standard InChI is InChI=1S/C14H20N2O2/c15-6-9-18-8-3-7-16-14(17)13-10-11-4-1-2-5-12(11)13/h1-2,4-5,13H,3,6-10,15H2,(H,16,17). The molecule has 0 heterocycles. The predicted octanol–water partition coefficient (Wildman–Crippen LogP) is 0.808. The van der Waals surface area contributed by atoms with Gasteiger partial charge in [0.15, 0.2) is 0 Å². The molecular formula is C14H20N2O2. The molecule has 1 atom stereocenters. The maximum Gasteiger partial charge on any atom is 0.227 e. The molecular weight excluding hydrogens is 228 g/mol. The van der Waals surface area contributed by atoms with E-state index in [1.807, 2.05) is 18.2 Å². The van der Waals surface area contributed by atoms with Crippen LogP contribution in [0.2, 0.25) is 0 Å². The molecule has 1 aromatic carbocycles. The monoisotopic (exact) mass is 248 g/mol. The summed E-state index contributed by atoms with van der Waals surface area (Å²) < 4.78 is 5.25. The molecule has 3 N–H and O–H groups in total. The van der Waals surface area contributed by atoms with E-state index in [-0.39, 0.29) is 11.8 Å². The second-order valence-corrected chi connectivity index (χ2v) is 4.50. The van der Waals surface area contributed by atoms with E-state index in [1.165, 1.54) is 11.1 Å². The lowest BCUT2D eigenvalue weighted by Gasteiger charge is -2.28. The molecule has 98 valence electrons. The number of carbonyl (C=O) groups excluding carboxylic acids is 1. The Labute approximate surface area is 108 Å². The number of ether oxygens (including phenoxy) is 1. The van der Waals surface area contributed by atoms with E-state index in [0.29, 0.717) is 26.3 Å². The van der Waals surface area contributed by atoms with E-state index < -0.39 is 0 Å². The summed E-state index contributed by atoms with van der Waals surface area (Å²) in [5, 5.41) is 2.95. The second-order valence-electron chi connectivity index (χ2n) is 4.50. The fraction of sp³-hybridized carbons (Fsp3) is 0.500. The molecule has 4 heteroatoms. The molecule has 0 bridgehead atoms. The van der Waals surface area contributed by atoms with Gasteiger partial charge in [-0.3, -0.25) is 4.79 Å². The highest BCUT2D eigenvalue weighted by molar-refractivity contribution is 5.86. The van der Waals surface area contributed by atoms with Crippen molar-refractivity contribution in [3.8, 4) is 0 Å². The summed E-state index contributed by atoms with van der Waals surface area (Å²) >= 11 is 0. The summed E-state index contributed by atoms with van der Waals surface area (Å²) in [5.41, 5.74) is 7.78. The van der Waals surface area contributed by atoms with Crippen molar-refractivity contribution in [2.75, 3.05) is 26.3 Å². The molecule has 1 unspecified atom stereocenters. The molecule has 1 amide bonds. The van der Waals surface area contributed by atoms with E-state index in [2.05, 4.69) is 11.4 Å². The van der Waals surface area contributed by atoms with E-state index in [4.69, 9.17) is 10.5 Å². The van der Waals surface area contributed by atoms with Crippen LogP contribution in [-0.4, -0.2) is 32.2 Å². The molecule has 1 aliphatic rings. The number of benzene rings is 1. The average Bonchev–Trinajstić information content (AvgIpc) is 2.35. The van der Waals surface area contributed by atoms with Crippen LogP contribution >= 0.6 is 0 Å². The number of carbonyl (C=O) groups is 1. The highest BCUT2D eigenvalue weighted by Crippen LogP contribution is 2.34. The summed E-state index contributed by atoms with van der Waals surface area (Å²) in [4.78, 5) is 11.9. The largest absolute Gasteiger partial charge is 0.380 e. The van der Waals surface area contributed by atoms with E-state index in [1.54, 1.807) is 0 Å². The zero-order chi connectivity index (χ0) is 12.8. The first-order valence-corrected chi connectivity index (χ1v) is 6.46. The summed E-state index contributed by atoms with van der Waals surface area (Å²) in [6, 6.07) is 8.12. The fourth-order valence-corrected chi connectivity index (χ4v) is 2.19. The first kappa shape index (κ1) is 13.1. The minimum absolute atomic E-state index is 0.0474. The van der Waals surface area contributed by atoms with Crippen molar-refractivity contribution in [1.29, 1.82) is 0 Å². The number of amides is 1. The smallest absolute Gasteiger partial charge is 0.227 e. The number of hydrogen-bond acceptors (Lipinski definition) is 3. The van der Waals surface area contributed by atoms with Gasteiger partial charge in [0.1, 0.15) is 0 Å². The maximum absolute atomic E-state index is 11.9. The lowest BCUT2D eigenvalue weighted by atomic mass is 9.77. The van der Waals surface area contributed by atoms with Gasteiger partial charge in [-0.25, -0.2) is 0 Å². The van der Waals surface area contributed by atoms with Crippen molar-refractivity contribution < 1.29 is 9.53 Å². The minimum Gasteiger partial charge on any atom is -0.380 e. The Hall–Kier alpha value is -1.39. The number of rotatable bonds is 7. The number of nitrogens with two attached hydrogens (primary N) is 1. The molecule has 0 spiro atoms. The van der Waals surface area contributed by atoms with Gasteiger partial charge in [0.2, 0.25) is 5.91 Å². The van der Waals surface area contributed by atoms with Crippen LogP contribution in [0.4, 0.5) is 0 Å². The summed E-state index contributed by atoms with van der Waals surface area (Å²) in [6.07, 6.45) is 1.70. The quantitative estimate of drug-likeness (QED) is 0.702. The lowest BCUT2D eigenvalue weighted by Crippen LogP contribution is -2.36. The summed E-state index contributed by atoms with van der Waals surface area (Å²) in [6.45, 7) is 2.45. The van der Waals surface area contributed by atoms with Crippen LogP contribution in [0, 0.1) is 0 Å². The van der Waals surface area contributed by atoms with Gasteiger partial charge in [-0.15, -0.1) is 0 Å². The Morgan fingerprint density at radius 2 is 2.22 bits per heavy atom. The normalized spacial score (nSPS) is 16.8. The third kappa shape index (κ3) is 3.09. The first-order chi connectivity index (χ1) is 8.83. The van der Waals surface area contributed by atoms with E-state index in [9.17, 15) is 4.79 Å². The van der Waals surface area contributed by atoms with Crippen molar-refractivity contribution in [3.63, 3.8) is 0 Å². The minimum atomic E-state index is 0.0474. The number of nitrogens with one attached hydrogen (secondary N) is 1. The Kier molecular flexibility index (Phi) is 4.73. The second kappa shape index (κ2) is 6.52. The third-order valence-electron chi connectivity index (χ3n) is 3.20. The molecule has 0 radical (unpaired) electrons. The van der Waals surface area contributed by atoms with E-state index in [0.717, 1.165) is 12.8 Å². The van der Waals surface area contributed by atoms with Crippen molar-refractivity contribution in [3.05, 3.63) is 35.4 Å². The maximum atomic E-state index is 11.9. The topological polar surface area (TPSA) is 64.3 Å². The van der Waals surface area contributed by atoms with Gasteiger partial charge >= 0.3 is 0 Å². The fourth-order valence-electron chi connectivity index (χ4n) is 2.19. The Morgan fingerprint density at radius 3 is 3.00 bits per heavy atom. The van der Waals surface area contributed by atoms with Gasteiger partial charge in [-0.2, -0.15) is 0 Å².